The molecule has 1 atom stereocenters. The molecular formula is C26H28FN3O5. The Morgan fingerprint density at radius 3 is 2.60 bits per heavy atom. The summed E-state index contributed by atoms with van der Waals surface area (Å²) in [5.41, 5.74) is 1.57. The lowest BCUT2D eigenvalue weighted by Crippen LogP contribution is -2.45. The van der Waals surface area contributed by atoms with E-state index in [1.807, 2.05) is 20.8 Å². The molecule has 0 bridgehead atoms. The number of hydrogen-bond acceptors (Lipinski definition) is 6. The van der Waals surface area contributed by atoms with Crippen LogP contribution in [0.25, 0.3) is 0 Å². The van der Waals surface area contributed by atoms with Gasteiger partial charge in [0, 0.05) is 37.1 Å². The predicted molar refractivity (Wildman–Crippen MR) is 126 cm³/mol. The van der Waals surface area contributed by atoms with E-state index in [-0.39, 0.29) is 48.1 Å². The molecular weight excluding hydrogens is 453 g/mol. The maximum absolute atomic E-state index is 14.8. The molecule has 184 valence electrons. The van der Waals surface area contributed by atoms with E-state index < -0.39 is 11.6 Å². The number of ketones is 1. The lowest BCUT2D eigenvalue weighted by Gasteiger charge is -2.36. The van der Waals surface area contributed by atoms with Gasteiger partial charge in [-0.1, -0.05) is 32.9 Å². The summed E-state index contributed by atoms with van der Waals surface area (Å²) < 4.78 is 25.0. The largest absolute Gasteiger partial charge is 0.481 e. The van der Waals surface area contributed by atoms with Crippen molar-refractivity contribution in [1.29, 1.82) is 0 Å². The zero-order valence-electron chi connectivity index (χ0n) is 20.2. The Kier molecular flexibility index (Phi) is 6.60. The quantitative estimate of drug-likeness (QED) is 0.579. The number of halogens is 1. The number of benzene rings is 1. The third-order valence-corrected chi connectivity index (χ3v) is 6.13. The van der Waals surface area contributed by atoms with Crippen LogP contribution in [-0.2, 0) is 34.3 Å². The van der Waals surface area contributed by atoms with Crippen molar-refractivity contribution in [3.63, 3.8) is 0 Å². The fourth-order valence-electron chi connectivity index (χ4n) is 4.43. The molecule has 0 spiro atoms. The number of pyridine rings is 1. The molecule has 1 aliphatic rings. The smallest absolute Gasteiger partial charge is 0.280 e. The van der Waals surface area contributed by atoms with Crippen LogP contribution >= 0.6 is 0 Å². The molecule has 1 N–H and O–H groups in total. The van der Waals surface area contributed by atoms with Gasteiger partial charge in [-0.25, -0.2) is 9.37 Å². The number of H-pyrrole nitrogens is 1. The second kappa shape index (κ2) is 9.48. The number of aromatic nitrogens is 2. The maximum atomic E-state index is 14.8. The molecule has 4 rings (SSSR count). The number of carbonyl (C=O) groups is 2. The van der Waals surface area contributed by atoms with Gasteiger partial charge in [-0.2, -0.15) is 5.16 Å². The van der Waals surface area contributed by atoms with E-state index in [0.29, 0.717) is 34.7 Å². The molecule has 0 fully saturated rings. The molecule has 1 aliphatic heterocycles. The van der Waals surface area contributed by atoms with E-state index in [1.54, 1.807) is 24.3 Å². The summed E-state index contributed by atoms with van der Waals surface area (Å²) in [5, 5.41) is 2.16. The van der Waals surface area contributed by atoms with Crippen molar-refractivity contribution in [3.8, 4) is 5.88 Å². The van der Waals surface area contributed by atoms with Gasteiger partial charge in [-0.05, 0) is 28.7 Å². The van der Waals surface area contributed by atoms with Crippen LogP contribution in [0.5, 0.6) is 5.88 Å². The monoisotopic (exact) mass is 481 g/mol. The van der Waals surface area contributed by atoms with Crippen molar-refractivity contribution in [1.82, 2.24) is 15.0 Å². The van der Waals surface area contributed by atoms with Crippen molar-refractivity contribution >= 4 is 11.7 Å². The first-order valence-electron chi connectivity index (χ1n) is 11.4. The Bertz CT molecular complexity index is 1320. The van der Waals surface area contributed by atoms with Crippen molar-refractivity contribution in [2.24, 2.45) is 0 Å². The first-order valence-corrected chi connectivity index (χ1v) is 11.4. The number of rotatable bonds is 6. The molecule has 0 unspecified atom stereocenters. The molecule has 2 aromatic heterocycles. The number of ether oxygens (including phenoxy) is 1. The van der Waals surface area contributed by atoms with E-state index in [1.165, 1.54) is 24.1 Å². The van der Waals surface area contributed by atoms with Gasteiger partial charge in [-0.3, -0.25) is 14.4 Å². The molecule has 1 amide bonds. The molecule has 0 aliphatic carbocycles. The lowest BCUT2D eigenvalue weighted by molar-refractivity contribution is -0.140. The molecule has 0 saturated carbocycles. The van der Waals surface area contributed by atoms with Gasteiger partial charge in [-0.15, -0.1) is 0 Å². The molecule has 8 nitrogen and oxygen atoms in total. The number of methoxy groups -OCH3 is 1. The Balaban J connectivity index is 1.65. The van der Waals surface area contributed by atoms with E-state index in [0.717, 1.165) is 0 Å². The number of hydrogen-bond donors (Lipinski definition) is 1. The van der Waals surface area contributed by atoms with E-state index in [2.05, 4.69) is 10.1 Å². The molecule has 3 heterocycles. The van der Waals surface area contributed by atoms with Crippen molar-refractivity contribution in [2.75, 3.05) is 13.7 Å². The van der Waals surface area contributed by atoms with Crippen LogP contribution in [0, 0.1) is 5.82 Å². The average Bonchev–Trinajstić information content (AvgIpc) is 3.21. The van der Waals surface area contributed by atoms with Gasteiger partial charge >= 0.3 is 0 Å². The van der Waals surface area contributed by atoms with Crippen LogP contribution in [0.3, 0.4) is 0 Å². The second-order valence-corrected chi connectivity index (χ2v) is 9.69. The van der Waals surface area contributed by atoms with Crippen LogP contribution < -0.4 is 10.3 Å². The normalized spacial score (nSPS) is 15.6. The van der Waals surface area contributed by atoms with Gasteiger partial charge in [0.25, 0.3) is 5.56 Å². The van der Waals surface area contributed by atoms with E-state index in [9.17, 15) is 18.8 Å². The Morgan fingerprint density at radius 1 is 1.20 bits per heavy atom. The highest BCUT2D eigenvalue weighted by molar-refractivity contribution is 5.92. The molecule has 1 aromatic carbocycles. The number of fused-ring (bicyclic) bond motifs is 1. The van der Waals surface area contributed by atoms with Gasteiger partial charge < -0.3 is 14.2 Å². The standard InChI is InChI=1S/C26H28FN3O5/c1-26(2,3)18-7-5-15(11-19(18)27)12-21(31)25-17-6-8-23(34-4)28-20(17)9-10-30(25)24(33)14-16-13-22(32)29-35-16/h5-8,11,13,25H,9-10,12,14H2,1-4H3,(H,29,32)/t25-/m1/s1. The molecule has 9 heteroatoms. The molecule has 35 heavy (non-hydrogen) atoms. The minimum atomic E-state index is -0.902. The Labute approximate surface area is 202 Å². The van der Waals surface area contributed by atoms with E-state index in [4.69, 9.17) is 9.26 Å². The number of Topliss-reactive ketones (excluding diaryl/α,β-unsaturated/α-hetero) is 1. The van der Waals surface area contributed by atoms with Gasteiger partial charge in [0.15, 0.2) is 5.78 Å². The zero-order chi connectivity index (χ0) is 25.3. The summed E-state index contributed by atoms with van der Waals surface area (Å²) in [6, 6.07) is 8.53. The highest BCUT2D eigenvalue weighted by Gasteiger charge is 2.37. The number of nitrogens with one attached hydrogen (secondary N) is 1. The Hall–Kier alpha value is -3.75. The SMILES string of the molecule is COc1ccc2c(n1)CCN(C(=O)Cc1cc(=O)[nH]o1)[C@H]2C(=O)Cc1ccc(C(C)(C)C)c(F)c1. The maximum Gasteiger partial charge on any atom is 0.280 e. The summed E-state index contributed by atoms with van der Waals surface area (Å²) in [4.78, 5) is 44.1. The van der Waals surface area contributed by atoms with Crippen molar-refractivity contribution < 1.29 is 23.2 Å². The summed E-state index contributed by atoms with van der Waals surface area (Å²) in [6.07, 6.45) is 0.213. The minimum Gasteiger partial charge on any atom is -0.481 e. The molecule has 0 radical (unpaired) electrons. The van der Waals surface area contributed by atoms with Crippen molar-refractivity contribution in [2.45, 2.75) is 51.5 Å². The van der Waals surface area contributed by atoms with Crippen LogP contribution in [0.1, 0.15) is 55.0 Å². The number of carbonyl (C=O) groups excluding carboxylic acids is 2. The summed E-state index contributed by atoms with van der Waals surface area (Å²) in [6.45, 7) is 6.03. The van der Waals surface area contributed by atoms with Crippen LogP contribution in [0.4, 0.5) is 4.39 Å². The summed E-state index contributed by atoms with van der Waals surface area (Å²) in [7, 11) is 1.51. The average molecular weight is 482 g/mol. The van der Waals surface area contributed by atoms with Gasteiger partial charge in [0.05, 0.1) is 19.2 Å². The van der Waals surface area contributed by atoms with E-state index >= 15 is 0 Å². The van der Waals surface area contributed by atoms with Crippen molar-refractivity contribution in [3.05, 3.63) is 80.7 Å². The second-order valence-electron chi connectivity index (χ2n) is 9.69. The first-order chi connectivity index (χ1) is 16.6. The number of nitrogens with zero attached hydrogens (tertiary/aromatic N) is 2. The van der Waals surface area contributed by atoms with Crippen LogP contribution in [-0.4, -0.2) is 40.4 Å². The Morgan fingerprint density at radius 2 is 1.97 bits per heavy atom. The third-order valence-electron chi connectivity index (χ3n) is 6.13. The molecule has 3 aromatic rings. The minimum absolute atomic E-state index is 0.0551. The number of aromatic amines is 1. The van der Waals surface area contributed by atoms with Crippen LogP contribution in [0.15, 0.2) is 45.7 Å². The van der Waals surface area contributed by atoms with Gasteiger partial charge in [0.2, 0.25) is 11.8 Å². The fourth-order valence-corrected chi connectivity index (χ4v) is 4.43. The number of amides is 1. The highest BCUT2D eigenvalue weighted by atomic mass is 19.1. The summed E-state index contributed by atoms with van der Waals surface area (Å²) >= 11 is 0. The zero-order valence-corrected chi connectivity index (χ0v) is 20.2. The fraction of sp³-hybridized carbons (Fsp3) is 0.385. The summed E-state index contributed by atoms with van der Waals surface area (Å²) in [5.74, 6) is -0.381. The topological polar surface area (TPSA) is 106 Å². The van der Waals surface area contributed by atoms with Gasteiger partial charge in [0.1, 0.15) is 17.6 Å². The molecule has 0 saturated heterocycles. The first kappa shape index (κ1) is 24.4. The van der Waals surface area contributed by atoms with Crippen LogP contribution in [0.2, 0.25) is 0 Å². The highest BCUT2D eigenvalue weighted by Crippen LogP contribution is 2.33. The predicted octanol–water partition coefficient (Wildman–Crippen LogP) is 3.29. The third kappa shape index (κ3) is 5.18. The lowest BCUT2D eigenvalue weighted by atomic mass is 9.85.